The lowest BCUT2D eigenvalue weighted by atomic mass is 10.2. The summed E-state index contributed by atoms with van der Waals surface area (Å²) < 4.78 is 48.4. The van der Waals surface area contributed by atoms with Crippen molar-refractivity contribution >= 4 is 27.6 Å². The molecule has 0 bridgehead atoms. The zero-order chi connectivity index (χ0) is 20.3. The lowest BCUT2D eigenvalue weighted by Crippen LogP contribution is -2.35. The first-order valence-electron chi connectivity index (χ1n) is 8.57. The van der Waals surface area contributed by atoms with Crippen LogP contribution in [0.25, 0.3) is 0 Å². The maximum absolute atomic E-state index is 13.1. The molecule has 1 amide bonds. The zero-order valence-electron chi connectivity index (χ0n) is 15.1. The highest BCUT2D eigenvalue weighted by molar-refractivity contribution is 7.87. The summed E-state index contributed by atoms with van der Waals surface area (Å²) in [6, 6.07) is 8.91. The predicted molar refractivity (Wildman–Crippen MR) is 101 cm³/mol. The van der Waals surface area contributed by atoms with Crippen molar-refractivity contribution in [3.8, 4) is 5.75 Å². The Morgan fingerprint density at radius 3 is 2.50 bits per heavy atom. The first-order chi connectivity index (χ1) is 13.3. The third kappa shape index (κ3) is 5.01. The summed E-state index contributed by atoms with van der Waals surface area (Å²) in [5.41, 5.74) is 0.453. The number of carbonyl (C=O) groups excluding carboxylic acids is 1. The maximum atomic E-state index is 13.1. The predicted octanol–water partition coefficient (Wildman–Crippen LogP) is 3.38. The van der Waals surface area contributed by atoms with Crippen molar-refractivity contribution in [2.45, 2.75) is 30.3 Å². The lowest BCUT2D eigenvalue weighted by molar-refractivity contribution is -0.136. The second kappa shape index (κ2) is 8.46. The monoisotopic (exact) mass is 427 g/mol. The molecule has 0 N–H and O–H groups in total. The van der Waals surface area contributed by atoms with Gasteiger partial charge in [0.25, 0.3) is 0 Å². The normalized spacial score (nSPS) is 14.0. The van der Waals surface area contributed by atoms with Gasteiger partial charge in [0.15, 0.2) is 0 Å². The number of rotatable bonds is 8. The fourth-order valence-corrected chi connectivity index (χ4v) is 3.88. The topological polar surface area (TPSA) is 72.9 Å². The van der Waals surface area contributed by atoms with E-state index in [4.69, 9.17) is 20.5 Å². The molecule has 2 aromatic carbocycles. The Labute approximate surface area is 167 Å². The first kappa shape index (κ1) is 20.6. The number of hydrogen-bond acceptors (Lipinski definition) is 5. The molecule has 0 atom stereocenters. The van der Waals surface area contributed by atoms with Gasteiger partial charge >= 0.3 is 10.1 Å². The van der Waals surface area contributed by atoms with E-state index in [9.17, 15) is 17.6 Å². The van der Waals surface area contributed by atoms with Crippen LogP contribution < -0.4 is 4.18 Å². The summed E-state index contributed by atoms with van der Waals surface area (Å²) >= 11 is 6.07. The Kier molecular flexibility index (Phi) is 6.22. The van der Waals surface area contributed by atoms with E-state index >= 15 is 0 Å². The van der Waals surface area contributed by atoms with E-state index in [1.807, 2.05) is 0 Å². The molecule has 1 aliphatic rings. The van der Waals surface area contributed by atoms with Crippen LogP contribution in [0.4, 0.5) is 4.39 Å². The molecular formula is C19H19ClFNO5S. The highest BCUT2D eigenvalue weighted by atomic mass is 35.5. The van der Waals surface area contributed by atoms with Gasteiger partial charge in [0, 0.05) is 30.3 Å². The lowest BCUT2D eigenvalue weighted by Gasteiger charge is -2.23. The molecule has 1 saturated carbocycles. The molecule has 150 valence electrons. The Morgan fingerprint density at radius 2 is 1.89 bits per heavy atom. The van der Waals surface area contributed by atoms with Gasteiger partial charge in [0.05, 0.1) is 0 Å². The summed E-state index contributed by atoms with van der Waals surface area (Å²) in [5.74, 6) is -0.690. The first-order valence-corrected chi connectivity index (χ1v) is 10.4. The van der Waals surface area contributed by atoms with Gasteiger partial charge in [0.2, 0.25) is 5.91 Å². The van der Waals surface area contributed by atoms with Crippen molar-refractivity contribution < 1.29 is 26.5 Å². The van der Waals surface area contributed by atoms with Crippen LogP contribution >= 0.6 is 11.6 Å². The summed E-state index contributed by atoms with van der Waals surface area (Å²) in [6.45, 7) is 0.0722. The summed E-state index contributed by atoms with van der Waals surface area (Å²) in [5, 5.41) is 0.386. The van der Waals surface area contributed by atoms with Gasteiger partial charge in [0.1, 0.15) is 23.1 Å². The molecule has 0 spiro atoms. The molecule has 2 aromatic rings. The molecule has 0 heterocycles. The molecule has 28 heavy (non-hydrogen) atoms. The highest BCUT2D eigenvalue weighted by Crippen LogP contribution is 2.32. The molecule has 0 saturated heterocycles. The largest absolute Gasteiger partial charge is 0.379 e. The minimum atomic E-state index is -4.17. The summed E-state index contributed by atoms with van der Waals surface area (Å²) in [7, 11) is -2.74. The molecule has 1 fully saturated rings. The third-order valence-electron chi connectivity index (χ3n) is 4.24. The van der Waals surface area contributed by atoms with Gasteiger partial charge in [-0.15, -0.1) is 0 Å². The minimum absolute atomic E-state index is 0.0598. The SMILES string of the molecule is COCC(=O)N(Cc1cc(Cl)ccc1OS(=O)(=O)c1ccc(F)cc1)C1CC1. The second-order valence-electron chi connectivity index (χ2n) is 6.43. The Balaban J connectivity index is 1.88. The van der Waals surface area contributed by atoms with E-state index < -0.39 is 15.9 Å². The molecule has 0 unspecified atom stereocenters. The van der Waals surface area contributed by atoms with Crippen LogP contribution in [0.2, 0.25) is 5.02 Å². The van der Waals surface area contributed by atoms with Gasteiger partial charge in [-0.2, -0.15) is 8.42 Å². The number of ether oxygens (including phenoxy) is 1. The smallest absolute Gasteiger partial charge is 0.339 e. The number of hydrogen-bond donors (Lipinski definition) is 0. The van der Waals surface area contributed by atoms with Gasteiger partial charge in [-0.05, 0) is 55.3 Å². The van der Waals surface area contributed by atoms with Gasteiger partial charge in [-0.3, -0.25) is 4.79 Å². The van der Waals surface area contributed by atoms with E-state index in [1.165, 1.54) is 19.2 Å². The summed E-state index contributed by atoms with van der Waals surface area (Å²) in [6.07, 6.45) is 1.75. The Morgan fingerprint density at radius 1 is 1.21 bits per heavy atom. The standard InChI is InChI=1S/C19H19ClFNO5S/c1-26-12-19(23)22(16-5-6-16)11-13-10-14(20)2-9-18(13)27-28(24,25)17-7-3-15(21)4-8-17/h2-4,7-10,16H,5-6,11-12H2,1H3. The van der Waals surface area contributed by atoms with Crippen LogP contribution in [-0.2, 0) is 26.2 Å². The molecule has 0 aromatic heterocycles. The average Bonchev–Trinajstić information content (AvgIpc) is 3.47. The molecule has 0 aliphatic heterocycles. The molecule has 6 nitrogen and oxygen atoms in total. The van der Waals surface area contributed by atoms with Crippen molar-refractivity contribution in [1.29, 1.82) is 0 Å². The van der Waals surface area contributed by atoms with E-state index in [1.54, 1.807) is 11.0 Å². The number of halogens is 2. The van der Waals surface area contributed by atoms with Crippen LogP contribution in [0, 0.1) is 5.82 Å². The van der Waals surface area contributed by atoms with E-state index in [0.717, 1.165) is 37.1 Å². The molecule has 9 heteroatoms. The molecule has 1 aliphatic carbocycles. The average molecular weight is 428 g/mol. The molecular weight excluding hydrogens is 409 g/mol. The zero-order valence-corrected chi connectivity index (χ0v) is 16.7. The van der Waals surface area contributed by atoms with Crippen molar-refractivity contribution in [1.82, 2.24) is 4.90 Å². The third-order valence-corrected chi connectivity index (χ3v) is 5.72. The van der Waals surface area contributed by atoms with Crippen LogP contribution in [0.1, 0.15) is 18.4 Å². The Hall–Kier alpha value is -2.16. The quantitative estimate of drug-likeness (QED) is 0.604. The van der Waals surface area contributed by atoms with Crippen LogP contribution in [0.5, 0.6) is 5.75 Å². The van der Waals surface area contributed by atoms with Crippen molar-refractivity contribution in [2.24, 2.45) is 0 Å². The summed E-state index contributed by atoms with van der Waals surface area (Å²) in [4.78, 5) is 13.8. The molecule has 3 rings (SSSR count). The number of nitrogens with zero attached hydrogens (tertiary/aromatic N) is 1. The maximum Gasteiger partial charge on any atom is 0.339 e. The van der Waals surface area contributed by atoms with E-state index in [0.29, 0.717) is 10.6 Å². The fraction of sp³-hybridized carbons (Fsp3) is 0.316. The number of methoxy groups -OCH3 is 1. The van der Waals surface area contributed by atoms with Gasteiger partial charge in [-0.1, -0.05) is 11.6 Å². The minimum Gasteiger partial charge on any atom is -0.379 e. The van der Waals surface area contributed by atoms with Crippen molar-refractivity contribution in [2.75, 3.05) is 13.7 Å². The van der Waals surface area contributed by atoms with E-state index in [-0.39, 0.29) is 35.7 Å². The molecule has 0 radical (unpaired) electrons. The highest BCUT2D eigenvalue weighted by Gasteiger charge is 2.33. The van der Waals surface area contributed by atoms with Crippen LogP contribution in [0.3, 0.4) is 0 Å². The number of amides is 1. The van der Waals surface area contributed by atoms with Crippen molar-refractivity contribution in [3.63, 3.8) is 0 Å². The van der Waals surface area contributed by atoms with Gasteiger partial charge in [-0.25, -0.2) is 4.39 Å². The fourth-order valence-electron chi connectivity index (χ4n) is 2.72. The van der Waals surface area contributed by atoms with Crippen LogP contribution in [-0.4, -0.2) is 39.0 Å². The second-order valence-corrected chi connectivity index (χ2v) is 8.41. The van der Waals surface area contributed by atoms with Crippen LogP contribution in [0.15, 0.2) is 47.4 Å². The Bertz CT molecular complexity index is 961. The number of benzene rings is 2. The van der Waals surface area contributed by atoms with Crippen molar-refractivity contribution in [3.05, 3.63) is 58.9 Å². The van der Waals surface area contributed by atoms with E-state index in [2.05, 4.69) is 0 Å². The number of carbonyl (C=O) groups is 1. The van der Waals surface area contributed by atoms with Gasteiger partial charge < -0.3 is 13.8 Å².